The summed E-state index contributed by atoms with van der Waals surface area (Å²) in [6.07, 6.45) is 7.54. The SMILES string of the molecule is Cl.ON=c1cc(-c2cc3cccn3cn2)oc2ccc(OCCN3CCCCC3)cc12. The van der Waals surface area contributed by atoms with E-state index in [1.165, 1.54) is 19.3 Å². The van der Waals surface area contributed by atoms with E-state index in [2.05, 4.69) is 15.0 Å². The summed E-state index contributed by atoms with van der Waals surface area (Å²) in [5, 5.41) is 14.2. The van der Waals surface area contributed by atoms with Gasteiger partial charge in [0.25, 0.3) is 0 Å². The van der Waals surface area contributed by atoms with E-state index in [4.69, 9.17) is 9.15 Å². The Bertz CT molecular complexity index is 1240. The van der Waals surface area contributed by atoms with Crippen molar-refractivity contribution in [3.05, 3.63) is 60.3 Å². The van der Waals surface area contributed by atoms with Crippen LogP contribution in [0.2, 0.25) is 0 Å². The van der Waals surface area contributed by atoms with Crippen molar-refractivity contribution in [2.75, 3.05) is 26.2 Å². The summed E-state index contributed by atoms with van der Waals surface area (Å²) >= 11 is 0. The minimum absolute atomic E-state index is 0. The van der Waals surface area contributed by atoms with E-state index in [9.17, 15) is 5.21 Å². The lowest BCUT2D eigenvalue weighted by Crippen LogP contribution is -2.33. The number of ether oxygens (including phenoxy) is 1. The molecule has 5 rings (SSSR count). The molecule has 4 aromatic rings. The molecule has 1 aromatic carbocycles. The van der Waals surface area contributed by atoms with Crippen molar-refractivity contribution in [2.24, 2.45) is 5.16 Å². The molecule has 0 bridgehead atoms. The first kappa shape index (κ1) is 21.2. The number of aromatic nitrogens is 2. The predicted octanol–water partition coefficient (Wildman–Crippen LogP) is 4.32. The fraction of sp³-hybridized carbons (Fsp3) is 0.304. The van der Waals surface area contributed by atoms with Crippen molar-refractivity contribution < 1.29 is 14.4 Å². The quantitative estimate of drug-likeness (QED) is 0.369. The van der Waals surface area contributed by atoms with Gasteiger partial charge in [-0.25, -0.2) is 4.98 Å². The third-order valence-electron chi connectivity index (χ3n) is 5.62. The van der Waals surface area contributed by atoms with Crippen LogP contribution in [-0.2, 0) is 0 Å². The molecule has 3 aromatic heterocycles. The number of rotatable bonds is 5. The van der Waals surface area contributed by atoms with Crippen molar-refractivity contribution in [1.82, 2.24) is 14.3 Å². The second-order valence-corrected chi connectivity index (χ2v) is 7.62. The highest BCUT2D eigenvalue weighted by molar-refractivity contribution is 5.85. The molecule has 0 aliphatic carbocycles. The number of benzene rings is 1. The Morgan fingerprint density at radius 1 is 1.10 bits per heavy atom. The van der Waals surface area contributed by atoms with Gasteiger partial charge in [-0.1, -0.05) is 11.6 Å². The zero-order chi connectivity index (χ0) is 20.3. The predicted molar refractivity (Wildman–Crippen MR) is 121 cm³/mol. The van der Waals surface area contributed by atoms with Gasteiger partial charge in [-0.15, -0.1) is 12.4 Å². The van der Waals surface area contributed by atoms with E-state index >= 15 is 0 Å². The maximum Gasteiger partial charge on any atom is 0.155 e. The Balaban J connectivity index is 0.00000231. The molecule has 1 aliphatic heterocycles. The number of hydrogen-bond acceptors (Lipinski definition) is 6. The van der Waals surface area contributed by atoms with Crippen molar-refractivity contribution in [3.63, 3.8) is 0 Å². The first-order valence-electron chi connectivity index (χ1n) is 10.3. The molecule has 1 aliphatic rings. The van der Waals surface area contributed by atoms with Gasteiger partial charge in [-0.3, -0.25) is 4.90 Å². The van der Waals surface area contributed by atoms with E-state index in [1.54, 1.807) is 12.4 Å². The van der Waals surface area contributed by atoms with Crippen molar-refractivity contribution >= 4 is 28.9 Å². The molecule has 0 saturated carbocycles. The monoisotopic (exact) mass is 440 g/mol. The summed E-state index contributed by atoms with van der Waals surface area (Å²) in [6.45, 7) is 3.86. The van der Waals surface area contributed by atoms with Gasteiger partial charge in [0.2, 0.25) is 0 Å². The summed E-state index contributed by atoms with van der Waals surface area (Å²) < 4.78 is 13.9. The maximum absolute atomic E-state index is 9.59. The lowest BCUT2D eigenvalue weighted by Gasteiger charge is -2.26. The lowest BCUT2D eigenvalue weighted by atomic mass is 10.1. The molecule has 8 heteroatoms. The molecular weight excluding hydrogens is 416 g/mol. The number of hydrogen-bond donors (Lipinski definition) is 1. The first-order chi connectivity index (χ1) is 14.8. The molecule has 162 valence electrons. The number of fused-ring (bicyclic) bond motifs is 2. The molecule has 0 unspecified atom stereocenters. The Morgan fingerprint density at radius 2 is 1.97 bits per heavy atom. The van der Waals surface area contributed by atoms with Gasteiger partial charge >= 0.3 is 0 Å². The topological polar surface area (TPSA) is 75.5 Å². The van der Waals surface area contributed by atoms with Crippen LogP contribution in [0.25, 0.3) is 27.9 Å². The Kier molecular flexibility index (Phi) is 6.44. The second kappa shape index (κ2) is 9.41. The number of halogens is 1. The molecule has 31 heavy (non-hydrogen) atoms. The molecule has 0 atom stereocenters. The van der Waals surface area contributed by atoms with E-state index in [0.29, 0.717) is 34.4 Å². The van der Waals surface area contributed by atoms with Gasteiger partial charge in [0.05, 0.1) is 11.7 Å². The Morgan fingerprint density at radius 3 is 2.81 bits per heavy atom. The minimum atomic E-state index is 0. The lowest BCUT2D eigenvalue weighted by molar-refractivity contribution is 0.183. The van der Waals surface area contributed by atoms with Gasteiger partial charge in [0, 0.05) is 24.3 Å². The summed E-state index contributed by atoms with van der Waals surface area (Å²) in [5.41, 5.74) is 2.30. The molecule has 1 fully saturated rings. The zero-order valence-corrected chi connectivity index (χ0v) is 17.9. The van der Waals surface area contributed by atoms with Crippen LogP contribution in [0.4, 0.5) is 0 Å². The van der Waals surface area contributed by atoms with Crippen LogP contribution in [0.15, 0.2) is 64.6 Å². The fourth-order valence-electron chi connectivity index (χ4n) is 3.99. The van der Waals surface area contributed by atoms with Crippen LogP contribution in [0.1, 0.15) is 19.3 Å². The summed E-state index contributed by atoms with van der Waals surface area (Å²) in [6, 6.07) is 13.2. The molecule has 0 radical (unpaired) electrons. The minimum Gasteiger partial charge on any atom is -0.492 e. The van der Waals surface area contributed by atoms with E-state index in [-0.39, 0.29) is 12.4 Å². The van der Waals surface area contributed by atoms with Gasteiger partial charge in [-0.05, 0) is 62.3 Å². The van der Waals surface area contributed by atoms with Crippen LogP contribution in [0.5, 0.6) is 5.75 Å². The van der Waals surface area contributed by atoms with Crippen LogP contribution >= 0.6 is 12.4 Å². The molecule has 1 N–H and O–H groups in total. The Hall–Kier alpha value is -3.03. The van der Waals surface area contributed by atoms with Crippen molar-refractivity contribution in [3.8, 4) is 17.2 Å². The van der Waals surface area contributed by atoms with Crippen molar-refractivity contribution in [2.45, 2.75) is 19.3 Å². The number of likely N-dealkylation sites (tertiary alicyclic amines) is 1. The van der Waals surface area contributed by atoms with Crippen LogP contribution in [0, 0.1) is 0 Å². The third-order valence-corrected chi connectivity index (χ3v) is 5.62. The molecule has 1 saturated heterocycles. The van der Waals surface area contributed by atoms with Gasteiger partial charge in [0.15, 0.2) is 5.76 Å². The van der Waals surface area contributed by atoms with Crippen LogP contribution in [0.3, 0.4) is 0 Å². The molecule has 4 heterocycles. The molecule has 7 nitrogen and oxygen atoms in total. The van der Waals surface area contributed by atoms with Gasteiger partial charge < -0.3 is 18.8 Å². The maximum atomic E-state index is 9.59. The van der Waals surface area contributed by atoms with Gasteiger partial charge in [0.1, 0.15) is 29.0 Å². The highest BCUT2D eigenvalue weighted by Gasteiger charge is 2.11. The smallest absolute Gasteiger partial charge is 0.155 e. The number of piperidine rings is 1. The largest absolute Gasteiger partial charge is 0.492 e. The Labute approximate surface area is 186 Å². The summed E-state index contributed by atoms with van der Waals surface area (Å²) in [5.74, 6) is 1.28. The van der Waals surface area contributed by atoms with E-state index in [1.807, 2.05) is 47.0 Å². The average Bonchev–Trinajstić information content (AvgIpc) is 3.27. The summed E-state index contributed by atoms with van der Waals surface area (Å²) in [7, 11) is 0. The first-order valence-corrected chi connectivity index (χ1v) is 10.3. The highest BCUT2D eigenvalue weighted by Crippen LogP contribution is 2.24. The highest BCUT2D eigenvalue weighted by atomic mass is 35.5. The number of nitrogens with zero attached hydrogens (tertiary/aromatic N) is 4. The average molecular weight is 441 g/mol. The van der Waals surface area contributed by atoms with E-state index in [0.717, 1.165) is 30.9 Å². The summed E-state index contributed by atoms with van der Waals surface area (Å²) in [4.78, 5) is 6.89. The normalized spacial score (nSPS) is 15.3. The standard InChI is InChI=1S/C23H24N4O3.ClH/c28-25-20-15-23(21-13-17-5-4-10-27(17)16-24-21)30-22-7-6-18(14-19(20)22)29-12-11-26-8-2-1-3-9-26;/h4-7,10,13-16,28H,1-3,8-9,11-12H2;1H. The van der Waals surface area contributed by atoms with Gasteiger partial charge in [-0.2, -0.15) is 0 Å². The molecule has 0 amide bonds. The van der Waals surface area contributed by atoms with Crippen LogP contribution < -0.4 is 10.1 Å². The second-order valence-electron chi connectivity index (χ2n) is 7.62. The fourth-order valence-corrected chi connectivity index (χ4v) is 3.99. The van der Waals surface area contributed by atoms with E-state index < -0.39 is 0 Å². The molecule has 0 spiro atoms. The van der Waals surface area contributed by atoms with Crippen molar-refractivity contribution in [1.29, 1.82) is 0 Å². The van der Waals surface area contributed by atoms with Crippen LogP contribution in [-0.4, -0.2) is 45.7 Å². The molecular formula is C23H25ClN4O3. The third kappa shape index (κ3) is 4.52. The zero-order valence-electron chi connectivity index (χ0n) is 17.1.